The Morgan fingerprint density at radius 2 is 2.19 bits per heavy atom. The molecule has 3 rings (SSSR count). The molecule has 1 aliphatic rings. The number of aromatic nitrogens is 2. The van der Waals surface area contributed by atoms with Crippen LogP contribution in [0.15, 0.2) is 30.5 Å². The molecule has 1 unspecified atom stereocenters. The molecule has 0 radical (unpaired) electrons. The van der Waals surface area contributed by atoms with Crippen LogP contribution in [0.25, 0.3) is 0 Å². The standard InChI is InChI=1S/C17H19FN4O3.ClH/c1-25-17(24)11-4-5-13(18)15(9-11)20-16(23)14-6-8-22(21-14)12-3-2-7-19-10-12;/h4-6,8-9,12,19H,2-3,7,10H2,1H3,(H,20,23);1H. The number of carbonyl (C=O) groups is 2. The van der Waals surface area contributed by atoms with Crippen molar-refractivity contribution in [2.75, 3.05) is 25.5 Å². The van der Waals surface area contributed by atoms with E-state index in [1.54, 1.807) is 16.9 Å². The first-order valence-electron chi connectivity index (χ1n) is 8.03. The summed E-state index contributed by atoms with van der Waals surface area (Å²) in [6, 6.07) is 5.43. The summed E-state index contributed by atoms with van der Waals surface area (Å²) in [7, 11) is 1.23. The molecule has 1 atom stereocenters. The van der Waals surface area contributed by atoms with Crippen molar-refractivity contribution >= 4 is 30.0 Å². The maximum atomic E-state index is 13.9. The molecule has 7 nitrogen and oxygen atoms in total. The zero-order valence-electron chi connectivity index (χ0n) is 14.2. The molecular formula is C17H20ClFN4O3. The summed E-state index contributed by atoms with van der Waals surface area (Å²) in [4.78, 5) is 23.9. The zero-order valence-corrected chi connectivity index (χ0v) is 15.0. The molecule has 1 amide bonds. The number of methoxy groups -OCH3 is 1. The van der Waals surface area contributed by atoms with Crippen molar-refractivity contribution in [1.82, 2.24) is 15.1 Å². The smallest absolute Gasteiger partial charge is 0.337 e. The van der Waals surface area contributed by atoms with Gasteiger partial charge >= 0.3 is 5.97 Å². The lowest BCUT2D eigenvalue weighted by atomic mass is 10.1. The number of nitrogens with zero attached hydrogens (tertiary/aromatic N) is 2. The normalized spacial score (nSPS) is 16.5. The lowest BCUT2D eigenvalue weighted by Gasteiger charge is -2.22. The Morgan fingerprint density at radius 1 is 1.38 bits per heavy atom. The number of hydrogen-bond acceptors (Lipinski definition) is 5. The number of amides is 1. The highest BCUT2D eigenvalue weighted by Gasteiger charge is 2.19. The minimum absolute atomic E-state index is 0. The van der Waals surface area contributed by atoms with Crippen molar-refractivity contribution < 1.29 is 18.7 Å². The van der Waals surface area contributed by atoms with Crippen LogP contribution < -0.4 is 10.6 Å². The molecule has 1 aromatic carbocycles. The second-order valence-corrected chi connectivity index (χ2v) is 5.82. The summed E-state index contributed by atoms with van der Waals surface area (Å²) in [6.45, 7) is 1.79. The third-order valence-corrected chi connectivity index (χ3v) is 4.12. The van der Waals surface area contributed by atoms with Gasteiger partial charge in [-0.2, -0.15) is 5.10 Å². The van der Waals surface area contributed by atoms with Gasteiger partial charge in [-0.15, -0.1) is 12.4 Å². The van der Waals surface area contributed by atoms with E-state index in [0.29, 0.717) is 0 Å². The van der Waals surface area contributed by atoms with Gasteiger partial charge in [-0.05, 0) is 43.7 Å². The molecule has 0 bridgehead atoms. The van der Waals surface area contributed by atoms with E-state index in [-0.39, 0.29) is 35.4 Å². The van der Waals surface area contributed by atoms with Crippen LogP contribution in [0.1, 0.15) is 39.7 Å². The van der Waals surface area contributed by atoms with Gasteiger partial charge in [-0.3, -0.25) is 9.48 Å². The van der Waals surface area contributed by atoms with E-state index in [1.165, 1.54) is 19.2 Å². The number of ether oxygens (including phenoxy) is 1. The summed E-state index contributed by atoms with van der Waals surface area (Å²) in [6.07, 6.45) is 3.79. The van der Waals surface area contributed by atoms with Gasteiger partial charge in [0, 0.05) is 12.7 Å². The highest BCUT2D eigenvalue weighted by Crippen LogP contribution is 2.19. The van der Waals surface area contributed by atoms with E-state index in [9.17, 15) is 14.0 Å². The van der Waals surface area contributed by atoms with Crippen molar-refractivity contribution in [1.29, 1.82) is 0 Å². The maximum Gasteiger partial charge on any atom is 0.337 e. The number of esters is 1. The van der Waals surface area contributed by atoms with Gasteiger partial charge in [-0.1, -0.05) is 0 Å². The van der Waals surface area contributed by atoms with E-state index in [4.69, 9.17) is 0 Å². The van der Waals surface area contributed by atoms with Crippen LogP contribution in [0, 0.1) is 5.82 Å². The average Bonchev–Trinajstić information content (AvgIpc) is 3.14. The van der Waals surface area contributed by atoms with Crippen LogP contribution >= 0.6 is 12.4 Å². The molecule has 26 heavy (non-hydrogen) atoms. The number of benzene rings is 1. The summed E-state index contributed by atoms with van der Waals surface area (Å²) in [5.74, 6) is -1.79. The monoisotopic (exact) mass is 382 g/mol. The Kier molecular flexibility index (Phi) is 6.70. The Bertz CT molecular complexity index is 790. The molecule has 0 saturated carbocycles. The molecular weight excluding hydrogens is 363 g/mol. The SMILES string of the molecule is COC(=O)c1ccc(F)c(NC(=O)c2ccn(C3CCCNC3)n2)c1.Cl. The van der Waals surface area contributed by atoms with Crippen LogP contribution in [0.4, 0.5) is 10.1 Å². The zero-order chi connectivity index (χ0) is 17.8. The van der Waals surface area contributed by atoms with Gasteiger partial charge in [0.25, 0.3) is 5.91 Å². The number of carbonyl (C=O) groups excluding carboxylic acids is 2. The summed E-state index contributed by atoms with van der Waals surface area (Å²) >= 11 is 0. The fourth-order valence-corrected chi connectivity index (χ4v) is 2.77. The number of nitrogens with one attached hydrogen (secondary N) is 2. The predicted molar refractivity (Wildman–Crippen MR) is 96.3 cm³/mol. The van der Waals surface area contributed by atoms with Crippen LogP contribution in [-0.4, -0.2) is 41.9 Å². The van der Waals surface area contributed by atoms with Gasteiger partial charge in [0.05, 0.1) is 24.4 Å². The molecule has 140 valence electrons. The number of hydrogen-bond donors (Lipinski definition) is 2. The van der Waals surface area contributed by atoms with Crippen molar-refractivity contribution in [2.45, 2.75) is 18.9 Å². The second kappa shape index (κ2) is 8.77. The Labute approximate surface area is 156 Å². The highest BCUT2D eigenvalue weighted by molar-refractivity contribution is 6.03. The predicted octanol–water partition coefficient (Wildman–Crippen LogP) is 2.41. The lowest BCUT2D eigenvalue weighted by molar-refractivity contribution is 0.0600. The molecule has 1 aromatic heterocycles. The van der Waals surface area contributed by atoms with Gasteiger partial charge in [0.15, 0.2) is 5.69 Å². The molecule has 2 heterocycles. The number of anilines is 1. The first-order chi connectivity index (χ1) is 12.1. The van der Waals surface area contributed by atoms with E-state index in [1.807, 2.05) is 0 Å². The average molecular weight is 383 g/mol. The molecule has 0 spiro atoms. The first kappa shape index (κ1) is 19.9. The molecule has 2 aromatic rings. The number of rotatable bonds is 4. The fraction of sp³-hybridized carbons (Fsp3) is 0.353. The molecule has 9 heteroatoms. The lowest BCUT2D eigenvalue weighted by Crippen LogP contribution is -2.32. The first-order valence-corrected chi connectivity index (χ1v) is 8.03. The third kappa shape index (κ3) is 4.39. The molecule has 2 N–H and O–H groups in total. The maximum absolute atomic E-state index is 13.9. The summed E-state index contributed by atoms with van der Waals surface area (Å²) < 4.78 is 20.3. The molecule has 1 fully saturated rings. The van der Waals surface area contributed by atoms with E-state index in [0.717, 1.165) is 32.0 Å². The van der Waals surface area contributed by atoms with Crippen molar-refractivity contribution in [3.8, 4) is 0 Å². The van der Waals surface area contributed by atoms with E-state index < -0.39 is 17.7 Å². The van der Waals surface area contributed by atoms with Crippen molar-refractivity contribution in [3.63, 3.8) is 0 Å². The fourth-order valence-electron chi connectivity index (χ4n) is 2.77. The van der Waals surface area contributed by atoms with Crippen molar-refractivity contribution in [3.05, 3.63) is 47.5 Å². The largest absolute Gasteiger partial charge is 0.465 e. The Morgan fingerprint density at radius 3 is 2.88 bits per heavy atom. The summed E-state index contributed by atoms with van der Waals surface area (Å²) in [5, 5.41) is 10.0. The highest BCUT2D eigenvalue weighted by atomic mass is 35.5. The third-order valence-electron chi connectivity index (χ3n) is 4.12. The Hall–Kier alpha value is -2.45. The molecule has 0 aliphatic carbocycles. The number of halogens is 2. The minimum Gasteiger partial charge on any atom is -0.465 e. The van der Waals surface area contributed by atoms with E-state index in [2.05, 4.69) is 20.5 Å². The van der Waals surface area contributed by atoms with Gasteiger partial charge in [0.1, 0.15) is 5.82 Å². The van der Waals surface area contributed by atoms with Gasteiger partial charge < -0.3 is 15.4 Å². The number of piperidine rings is 1. The van der Waals surface area contributed by atoms with Crippen LogP contribution in [0.3, 0.4) is 0 Å². The topological polar surface area (TPSA) is 85.2 Å². The summed E-state index contributed by atoms with van der Waals surface area (Å²) in [5.41, 5.74) is 0.244. The van der Waals surface area contributed by atoms with Crippen LogP contribution in [-0.2, 0) is 4.74 Å². The van der Waals surface area contributed by atoms with Crippen LogP contribution in [0.2, 0.25) is 0 Å². The molecule has 1 aliphatic heterocycles. The van der Waals surface area contributed by atoms with Crippen molar-refractivity contribution in [2.24, 2.45) is 0 Å². The second-order valence-electron chi connectivity index (χ2n) is 5.82. The van der Waals surface area contributed by atoms with Gasteiger partial charge in [0.2, 0.25) is 0 Å². The quantitative estimate of drug-likeness (QED) is 0.793. The van der Waals surface area contributed by atoms with Gasteiger partial charge in [-0.25, -0.2) is 9.18 Å². The van der Waals surface area contributed by atoms with Crippen LogP contribution in [0.5, 0.6) is 0 Å². The molecule has 1 saturated heterocycles. The van der Waals surface area contributed by atoms with E-state index >= 15 is 0 Å². The Balaban J connectivity index is 0.00000243. The minimum atomic E-state index is -0.642.